The van der Waals surface area contributed by atoms with Crippen LogP contribution >= 0.6 is 0 Å². The lowest BCUT2D eigenvalue weighted by molar-refractivity contribution is -0.107. The largest absolute Gasteiger partial charge is 0.312 e. The number of amides is 1. The molecular weight excluding hydrogens is 207 g/mol. The standard InChI is InChI=1S/C10H10F3NO/c1-2-5-14(6-15)8-4-3-7(11)9(12)10(8)13/h3-4,6H,2,5H2,1H3. The van der Waals surface area contributed by atoms with Gasteiger partial charge in [-0.05, 0) is 18.6 Å². The van der Waals surface area contributed by atoms with Gasteiger partial charge in [0.2, 0.25) is 6.41 Å². The van der Waals surface area contributed by atoms with Crippen LogP contribution in [0.25, 0.3) is 0 Å². The molecule has 1 aromatic rings. The molecule has 2 nitrogen and oxygen atoms in total. The molecule has 5 heteroatoms. The Labute approximate surface area is 85.3 Å². The van der Waals surface area contributed by atoms with Gasteiger partial charge >= 0.3 is 0 Å². The Kier molecular flexibility index (Phi) is 3.71. The highest BCUT2D eigenvalue weighted by molar-refractivity contribution is 5.75. The van der Waals surface area contributed by atoms with E-state index in [1.165, 1.54) is 0 Å². The van der Waals surface area contributed by atoms with E-state index in [4.69, 9.17) is 0 Å². The van der Waals surface area contributed by atoms with Crippen LogP contribution in [0.15, 0.2) is 12.1 Å². The SMILES string of the molecule is CCCN(C=O)c1ccc(F)c(F)c1F. The molecule has 0 saturated heterocycles. The van der Waals surface area contributed by atoms with Crippen molar-refractivity contribution in [1.82, 2.24) is 0 Å². The smallest absolute Gasteiger partial charge is 0.214 e. The number of hydrogen-bond acceptors (Lipinski definition) is 1. The zero-order valence-electron chi connectivity index (χ0n) is 8.14. The summed E-state index contributed by atoms with van der Waals surface area (Å²) in [6.07, 6.45) is 0.983. The maximum atomic E-state index is 13.2. The third-order valence-corrected chi connectivity index (χ3v) is 1.92. The Morgan fingerprint density at radius 1 is 1.27 bits per heavy atom. The predicted molar refractivity (Wildman–Crippen MR) is 50.0 cm³/mol. The van der Waals surface area contributed by atoms with Crippen molar-refractivity contribution in [3.05, 3.63) is 29.6 Å². The van der Waals surface area contributed by atoms with Crippen LogP contribution in [0.3, 0.4) is 0 Å². The first kappa shape index (κ1) is 11.6. The number of nitrogens with zero attached hydrogens (tertiary/aromatic N) is 1. The minimum atomic E-state index is -1.56. The van der Waals surface area contributed by atoms with Crippen LogP contribution in [-0.2, 0) is 4.79 Å². The highest BCUT2D eigenvalue weighted by Gasteiger charge is 2.17. The zero-order chi connectivity index (χ0) is 11.4. The molecule has 0 aromatic heterocycles. The summed E-state index contributed by atoms with van der Waals surface area (Å²) < 4.78 is 38.6. The van der Waals surface area contributed by atoms with Crippen molar-refractivity contribution in [3.8, 4) is 0 Å². The first-order chi connectivity index (χ1) is 7.11. The van der Waals surface area contributed by atoms with Crippen LogP contribution in [0.4, 0.5) is 18.9 Å². The second kappa shape index (κ2) is 4.82. The summed E-state index contributed by atoms with van der Waals surface area (Å²) in [5.74, 6) is -4.16. The minimum Gasteiger partial charge on any atom is -0.312 e. The zero-order valence-corrected chi connectivity index (χ0v) is 8.14. The Morgan fingerprint density at radius 2 is 1.93 bits per heavy atom. The van der Waals surface area contributed by atoms with E-state index in [1.807, 2.05) is 0 Å². The molecule has 0 spiro atoms. The molecule has 0 bridgehead atoms. The first-order valence-corrected chi connectivity index (χ1v) is 4.47. The average Bonchev–Trinajstić information content (AvgIpc) is 2.24. The molecule has 0 unspecified atom stereocenters. The van der Waals surface area contributed by atoms with Crippen LogP contribution in [0.5, 0.6) is 0 Å². The number of hydrogen-bond donors (Lipinski definition) is 0. The van der Waals surface area contributed by atoms with Gasteiger partial charge in [-0.1, -0.05) is 6.92 Å². The van der Waals surface area contributed by atoms with Crippen molar-refractivity contribution < 1.29 is 18.0 Å². The Morgan fingerprint density at radius 3 is 2.47 bits per heavy atom. The number of carbonyl (C=O) groups excluding carboxylic acids is 1. The Hall–Kier alpha value is -1.52. The van der Waals surface area contributed by atoms with Crippen molar-refractivity contribution in [1.29, 1.82) is 0 Å². The minimum absolute atomic E-state index is 0.245. The summed E-state index contributed by atoms with van der Waals surface area (Å²) in [7, 11) is 0. The molecule has 15 heavy (non-hydrogen) atoms. The average molecular weight is 217 g/mol. The van der Waals surface area contributed by atoms with Gasteiger partial charge in [0.1, 0.15) is 0 Å². The van der Waals surface area contributed by atoms with Gasteiger partial charge in [0.05, 0.1) is 5.69 Å². The monoisotopic (exact) mass is 217 g/mol. The predicted octanol–water partition coefficient (Wildman–Crippen LogP) is 2.48. The van der Waals surface area contributed by atoms with Crippen molar-refractivity contribution in [3.63, 3.8) is 0 Å². The highest BCUT2D eigenvalue weighted by atomic mass is 19.2. The van der Waals surface area contributed by atoms with E-state index in [2.05, 4.69) is 0 Å². The summed E-state index contributed by atoms with van der Waals surface area (Å²) >= 11 is 0. The van der Waals surface area contributed by atoms with Gasteiger partial charge in [0, 0.05) is 6.54 Å². The van der Waals surface area contributed by atoms with Crippen molar-refractivity contribution in [2.24, 2.45) is 0 Å². The molecule has 1 aromatic carbocycles. The maximum Gasteiger partial charge on any atom is 0.214 e. The van der Waals surface area contributed by atoms with Gasteiger partial charge in [-0.25, -0.2) is 13.2 Å². The number of carbonyl (C=O) groups is 1. The molecule has 0 aliphatic rings. The molecule has 1 amide bonds. The molecule has 0 heterocycles. The summed E-state index contributed by atoms with van der Waals surface area (Å²) in [5, 5.41) is 0. The maximum absolute atomic E-state index is 13.2. The number of rotatable bonds is 4. The molecule has 0 fully saturated rings. The molecule has 1 rings (SSSR count). The van der Waals surface area contributed by atoms with Crippen LogP contribution in [0.2, 0.25) is 0 Å². The normalized spacial score (nSPS) is 10.1. The molecule has 0 radical (unpaired) electrons. The van der Waals surface area contributed by atoms with Gasteiger partial charge in [-0.2, -0.15) is 0 Å². The molecule has 82 valence electrons. The summed E-state index contributed by atoms with van der Waals surface area (Å²) in [4.78, 5) is 11.6. The molecule has 0 atom stereocenters. The number of anilines is 1. The fraction of sp³-hybridized carbons (Fsp3) is 0.300. The van der Waals surface area contributed by atoms with Crippen LogP contribution < -0.4 is 4.90 Å². The van der Waals surface area contributed by atoms with E-state index in [0.717, 1.165) is 17.0 Å². The lowest BCUT2D eigenvalue weighted by atomic mass is 10.2. The lowest BCUT2D eigenvalue weighted by Gasteiger charge is -2.17. The molecule has 0 aliphatic carbocycles. The second-order valence-electron chi connectivity index (χ2n) is 2.99. The number of benzene rings is 1. The third-order valence-electron chi connectivity index (χ3n) is 1.92. The van der Waals surface area contributed by atoms with E-state index in [-0.39, 0.29) is 12.2 Å². The number of halogens is 3. The van der Waals surface area contributed by atoms with Crippen molar-refractivity contribution in [2.75, 3.05) is 11.4 Å². The molecule has 0 saturated carbocycles. The van der Waals surface area contributed by atoms with E-state index < -0.39 is 17.5 Å². The second-order valence-corrected chi connectivity index (χ2v) is 2.99. The highest BCUT2D eigenvalue weighted by Crippen LogP contribution is 2.22. The van der Waals surface area contributed by atoms with E-state index in [1.54, 1.807) is 6.92 Å². The van der Waals surface area contributed by atoms with Crippen LogP contribution in [0.1, 0.15) is 13.3 Å². The fourth-order valence-electron chi connectivity index (χ4n) is 1.21. The summed E-state index contributed by atoms with van der Waals surface area (Å²) in [5.41, 5.74) is -0.245. The summed E-state index contributed by atoms with van der Waals surface area (Å²) in [6.45, 7) is 2.04. The topological polar surface area (TPSA) is 20.3 Å². The third kappa shape index (κ3) is 2.29. The van der Waals surface area contributed by atoms with Gasteiger partial charge < -0.3 is 4.90 Å². The van der Waals surface area contributed by atoms with Crippen molar-refractivity contribution in [2.45, 2.75) is 13.3 Å². The van der Waals surface area contributed by atoms with E-state index in [9.17, 15) is 18.0 Å². The molecule has 0 aliphatic heterocycles. The quantitative estimate of drug-likeness (QED) is 0.560. The van der Waals surface area contributed by atoms with Crippen molar-refractivity contribution >= 4 is 12.1 Å². The van der Waals surface area contributed by atoms with Crippen LogP contribution in [-0.4, -0.2) is 13.0 Å². The van der Waals surface area contributed by atoms with E-state index in [0.29, 0.717) is 12.8 Å². The molecular formula is C10H10F3NO. The van der Waals surface area contributed by atoms with Crippen LogP contribution in [0, 0.1) is 17.5 Å². The Balaban J connectivity index is 3.13. The first-order valence-electron chi connectivity index (χ1n) is 4.47. The van der Waals surface area contributed by atoms with Gasteiger partial charge in [0.25, 0.3) is 0 Å². The van der Waals surface area contributed by atoms with Gasteiger partial charge in [-0.3, -0.25) is 4.79 Å². The van der Waals surface area contributed by atoms with E-state index >= 15 is 0 Å². The fourth-order valence-corrected chi connectivity index (χ4v) is 1.21. The Bertz CT molecular complexity index is 368. The lowest BCUT2D eigenvalue weighted by Crippen LogP contribution is -2.23. The van der Waals surface area contributed by atoms with Gasteiger partial charge in [-0.15, -0.1) is 0 Å². The van der Waals surface area contributed by atoms with Gasteiger partial charge in [0.15, 0.2) is 17.5 Å². The summed E-state index contributed by atoms with van der Waals surface area (Å²) in [6, 6.07) is 1.83. The molecule has 0 N–H and O–H groups in total.